The number of fused-ring (bicyclic) bond motifs is 1. The molecule has 0 radical (unpaired) electrons. The highest BCUT2D eigenvalue weighted by Crippen LogP contribution is 2.46. The molecule has 0 unspecified atom stereocenters. The van der Waals surface area contributed by atoms with Gasteiger partial charge in [0.25, 0.3) is 10.1 Å². The lowest BCUT2D eigenvalue weighted by Gasteiger charge is -2.14. The molecule has 35 heavy (non-hydrogen) atoms. The van der Waals surface area contributed by atoms with E-state index in [1.165, 1.54) is 20.3 Å². The predicted molar refractivity (Wildman–Crippen MR) is 138 cm³/mol. The number of anilines is 1. The minimum Gasteiger partial charge on any atom is -0.505 e. The maximum Gasteiger partial charge on any atom is 0.296 e. The summed E-state index contributed by atoms with van der Waals surface area (Å²) in [6.45, 7) is 5.03. The zero-order chi connectivity index (χ0) is 26.3. The van der Waals surface area contributed by atoms with Gasteiger partial charge in [0.15, 0.2) is 5.75 Å². The lowest BCUT2D eigenvalue weighted by Crippen LogP contribution is -2.01. The van der Waals surface area contributed by atoms with Gasteiger partial charge >= 0.3 is 0 Å². The molecule has 0 aliphatic rings. The van der Waals surface area contributed by atoms with E-state index in [0.717, 1.165) is 23.1 Å². The largest absolute Gasteiger partial charge is 0.505 e. The van der Waals surface area contributed by atoms with Crippen LogP contribution in [-0.4, -0.2) is 40.7 Å². The standard InChI is InChI=1S/C21H20IN3O8S2/c1-5-34(27,28)15-9-13(32-3)12(8-14(15)33-4)24-25-20-16(35(29,30)31)7-11-6-10(2)18(22)19(23)17(11)21(20)26/h5-9,26H,1,23H2,2-4H3,(H,29,30,31). The van der Waals surface area contributed by atoms with E-state index >= 15 is 0 Å². The summed E-state index contributed by atoms with van der Waals surface area (Å²) in [7, 11) is -6.26. The number of sulfone groups is 1. The van der Waals surface area contributed by atoms with Gasteiger partial charge in [-0.2, -0.15) is 8.42 Å². The number of phenolic OH excluding ortho intramolecular Hbond substituents is 1. The first kappa shape index (κ1) is 26.7. The molecule has 186 valence electrons. The summed E-state index contributed by atoms with van der Waals surface area (Å²) in [5.41, 5.74) is 6.45. The third kappa shape index (κ3) is 4.91. The first-order valence-corrected chi connectivity index (χ1v) is 13.6. The second-order valence-corrected chi connectivity index (χ2v) is 11.5. The minimum atomic E-state index is -4.85. The summed E-state index contributed by atoms with van der Waals surface area (Å²) in [4.78, 5) is -0.946. The van der Waals surface area contributed by atoms with Crippen molar-refractivity contribution in [2.24, 2.45) is 10.2 Å². The number of hydrogen-bond acceptors (Lipinski definition) is 10. The normalized spacial score (nSPS) is 12.3. The molecule has 0 saturated heterocycles. The molecule has 14 heteroatoms. The molecule has 4 N–H and O–H groups in total. The van der Waals surface area contributed by atoms with Crippen LogP contribution in [0.15, 0.2) is 56.3 Å². The molecule has 0 heterocycles. The van der Waals surface area contributed by atoms with Gasteiger partial charge in [-0.3, -0.25) is 4.55 Å². The zero-order valence-corrected chi connectivity index (χ0v) is 22.4. The number of aromatic hydroxyl groups is 1. The van der Waals surface area contributed by atoms with Gasteiger partial charge in [0, 0.05) is 26.5 Å². The Morgan fingerprint density at radius 2 is 1.66 bits per heavy atom. The van der Waals surface area contributed by atoms with Crippen molar-refractivity contribution in [3.8, 4) is 17.2 Å². The van der Waals surface area contributed by atoms with E-state index in [9.17, 15) is 26.5 Å². The van der Waals surface area contributed by atoms with Crippen molar-refractivity contribution in [2.45, 2.75) is 16.7 Å². The first-order chi connectivity index (χ1) is 16.3. The third-order valence-corrected chi connectivity index (χ3v) is 8.69. The quantitative estimate of drug-likeness (QED) is 0.145. The molecular formula is C21H20IN3O8S2. The van der Waals surface area contributed by atoms with Gasteiger partial charge in [0.2, 0.25) is 9.84 Å². The summed E-state index contributed by atoms with van der Waals surface area (Å²) in [5, 5.41) is 19.8. The van der Waals surface area contributed by atoms with Crippen LogP contribution < -0.4 is 15.2 Å². The maximum absolute atomic E-state index is 12.3. The van der Waals surface area contributed by atoms with E-state index in [0.29, 0.717) is 3.57 Å². The molecule has 11 nitrogen and oxygen atoms in total. The van der Waals surface area contributed by atoms with Crippen LogP contribution in [0.1, 0.15) is 5.56 Å². The Morgan fingerprint density at radius 3 is 2.20 bits per heavy atom. The number of halogens is 1. The molecule has 0 fully saturated rings. The van der Waals surface area contributed by atoms with Crippen LogP contribution in [0.25, 0.3) is 10.8 Å². The van der Waals surface area contributed by atoms with Crippen molar-refractivity contribution in [1.29, 1.82) is 0 Å². The summed E-state index contributed by atoms with van der Waals surface area (Å²) in [6, 6.07) is 5.06. The number of nitrogen functional groups attached to an aromatic ring is 1. The van der Waals surface area contributed by atoms with Gasteiger partial charge < -0.3 is 20.3 Å². The number of azo groups is 1. The average molecular weight is 633 g/mol. The highest BCUT2D eigenvalue weighted by atomic mass is 127. The van der Waals surface area contributed by atoms with Crippen molar-refractivity contribution in [1.82, 2.24) is 0 Å². The van der Waals surface area contributed by atoms with Crippen LogP contribution in [0.3, 0.4) is 0 Å². The fraction of sp³-hybridized carbons (Fsp3) is 0.143. The fourth-order valence-electron chi connectivity index (χ4n) is 3.31. The van der Waals surface area contributed by atoms with E-state index in [4.69, 9.17) is 15.2 Å². The summed E-state index contributed by atoms with van der Waals surface area (Å²) in [6.07, 6.45) is 0. The Hall–Kier alpha value is -2.95. The second kappa shape index (κ2) is 9.60. The molecule has 0 bridgehead atoms. The van der Waals surface area contributed by atoms with Crippen LogP contribution in [0.4, 0.5) is 17.1 Å². The number of hydrogen-bond donors (Lipinski definition) is 3. The lowest BCUT2D eigenvalue weighted by molar-refractivity contribution is 0.393. The van der Waals surface area contributed by atoms with Gasteiger partial charge in [-0.25, -0.2) is 8.42 Å². The fourth-order valence-corrected chi connectivity index (χ4v) is 5.27. The highest BCUT2D eigenvalue weighted by Gasteiger charge is 2.25. The van der Waals surface area contributed by atoms with Gasteiger partial charge in [-0.15, -0.1) is 10.2 Å². The highest BCUT2D eigenvalue weighted by molar-refractivity contribution is 14.1. The maximum atomic E-state index is 12.3. The number of nitrogens with two attached hydrogens (primary N) is 1. The third-order valence-electron chi connectivity index (χ3n) is 5.02. The van der Waals surface area contributed by atoms with E-state index < -0.39 is 36.3 Å². The van der Waals surface area contributed by atoms with Crippen molar-refractivity contribution < 1.29 is 36.0 Å². The van der Waals surface area contributed by atoms with Crippen molar-refractivity contribution in [2.75, 3.05) is 20.0 Å². The summed E-state index contributed by atoms with van der Waals surface area (Å²) >= 11 is 1.99. The molecule has 3 aromatic carbocycles. The number of benzene rings is 3. The number of phenols is 1. The molecule has 0 atom stereocenters. The van der Waals surface area contributed by atoms with E-state index in [1.54, 1.807) is 13.0 Å². The second-order valence-electron chi connectivity index (χ2n) is 7.15. The monoisotopic (exact) mass is 633 g/mol. The number of ether oxygens (including phenoxy) is 2. The smallest absolute Gasteiger partial charge is 0.296 e. The predicted octanol–water partition coefficient (Wildman–Crippen LogP) is 4.64. The van der Waals surface area contributed by atoms with Crippen molar-refractivity contribution in [3.05, 3.63) is 45.4 Å². The SMILES string of the molecule is C=CS(=O)(=O)c1cc(OC)c(N=Nc2c(S(=O)(=O)O)cc3cc(C)c(I)c(N)c3c2O)cc1OC. The Morgan fingerprint density at radius 1 is 1.03 bits per heavy atom. The molecule has 3 rings (SSSR count). The van der Waals surface area contributed by atoms with E-state index in [1.807, 2.05) is 22.6 Å². The Balaban J connectivity index is 2.34. The summed E-state index contributed by atoms with van der Waals surface area (Å²) in [5.74, 6) is -0.772. The molecule has 0 spiro atoms. The van der Waals surface area contributed by atoms with Gasteiger partial charge in [0.05, 0.1) is 19.9 Å². The van der Waals surface area contributed by atoms with Crippen LogP contribution in [0.5, 0.6) is 17.2 Å². The molecule has 0 amide bonds. The van der Waals surface area contributed by atoms with Gasteiger partial charge in [-0.1, -0.05) is 12.6 Å². The van der Waals surface area contributed by atoms with Crippen molar-refractivity contribution >= 4 is 70.4 Å². The molecule has 0 saturated carbocycles. The summed E-state index contributed by atoms with van der Waals surface area (Å²) < 4.78 is 69.6. The average Bonchev–Trinajstić information content (AvgIpc) is 2.80. The molecule has 0 aliphatic carbocycles. The minimum absolute atomic E-state index is 0.0478. The molecule has 0 aliphatic heterocycles. The lowest BCUT2D eigenvalue weighted by atomic mass is 10.0. The Labute approximate surface area is 215 Å². The van der Waals surface area contributed by atoms with Gasteiger partial charge in [0.1, 0.15) is 32.7 Å². The van der Waals surface area contributed by atoms with Crippen LogP contribution >= 0.6 is 22.6 Å². The topological polar surface area (TPSA) is 178 Å². The molecular weight excluding hydrogens is 613 g/mol. The zero-order valence-electron chi connectivity index (χ0n) is 18.6. The number of rotatable bonds is 7. The Bertz CT molecular complexity index is 1620. The van der Waals surface area contributed by atoms with Gasteiger partial charge in [-0.05, 0) is 46.5 Å². The van der Waals surface area contributed by atoms with Crippen LogP contribution in [0.2, 0.25) is 0 Å². The molecule has 0 aromatic heterocycles. The van der Waals surface area contributed by atoms with Crippen molar-refractivity contribution in [3.63, 3.8) is 0 Å². The van der Waals surface area contributed by atoms with E-state index in [-0.39, 0.29) is 38.5 Å². The molecule has 3 aromatic rings. The Kier molecular flexibility index (Phi) is 7.31. The van der Waals surface area contributed by atoms with Crippen LogP contribution in [0, 0.1) is 10.5 Å². The van der Waals surface area contributed by atoms with Crippen LogP contribution in [-0.2, 0) is 20.0 Å². The number of nitrogens with zero attached hydrogens (tertiary/aromatic N) is 2. The number of aryl methyl sites for hydroxylation is 1. The van der Waals surface area contributed by atoms with E-state index in [2.05, 4.69) is 16.8 Å². The first-order valence-electron chi connectivity index (χ1n) is 9.53. The number of methoxy groups -OCH3 is 2.